The fraction of sp³-hybridized carbons (Fsp3) is 0.500. The molecule has 13 heteroatoms. The van der Waals surface area contributed by atoms with E-state index in [0.717, 1.165) is 27.7 Å². The zero-order valence-electron chi connectivity index (χ0n) is 11.4. The van der Waals surface area contributed by atoms with Gasteiger partial charge in [-0.25, -0.2) is 0 Å². The van der Waals surface area contributed by atoms with Crippen LogP contribution in [0.1, 0.15) is 27.7 Å². The van der Waals surface area contributed by atoms with Gasteiger partial charge in [0, 0.05) is 27.7 Å². The van der Waals surface area contributed by atoms with Crippen molar-refractivity contribution in [2.75, 3.05) is 0 Å². The average Bonchev–Trinajstić information content (AvgIpc) is 2.40. The minimum absolute atomic E-state index is 0. The van der Waals surface area contributed by atoms with Gasteiger partial charge in [-0.15, -0.1) is 0 Å². The molecule has 0 aliphatic heterocycles. The minimum atomic E-state index is -0.801. The first kappa shape index (κ1) is 31.8. The first-order chi connectivity index (χ1) is 9.08. The molecule has 0 aromatic rings. The van der Waals surface area contributed by atoms with Crippen molar-refractivity contribution >= 4 is 23.9 Å². The topological polar surface area (TPSA) is 197 Å². The van der Waals surface area contributed by atoms with E-state index < -0.39 is 23.9 Å². The van der Waals surface area contributed by atoms with Crippen molar-refractivity contribution in [3.63, 3.8) is 0 Å². The van der Waals surface area contributed by atoms with Crippen LogP contribution in [0.5, 0.6) is 0 Å². The van der Waals surface area contributed by atoms with Gasteiger partial charge in [-0.05, 0) is 0 Å². The summed E-state index contributed by atoms with van der Waals surface area (Å²) in [5.41, 5.74) is 0. The summed E-state index contributed by atoms with van der Waals surface area (Å²) in [7, 11) is 0. The summed E-state index contributed by atoms with van der Waals surface area (Å²) in [5, 5.41) is 35.1. The van der Waals surface area contributed by atoms with Crippen molar-refractivity contribution in [2.24, 2.45) is 0 Å². The summed E-state index contributed by atoms with van der Waals surface area (Å²) in [4.78, 5) is 48.6. The van der Waals surface area contributed by atoms with Gasteiger partial charge in [0.15, 0.2) is 0 Å². The second-order valence-electron chi connectivity index (χ2n) is 2.30. The van der Waals surface area contributed by atoms with Gasteiger partial charge in [0.05, 0.1) is 0 Å². The largest absolute Gasteiger partial charge is 4.00 e. The summed E-state index contributed by atoms with van der Waals surface area (Å²) in [6, 6.07) is 0. The SMILES string of the molecule is CC(=O)O[O-].CC(=O)O[O-].CC(=O)O[O-].CC(=O)O[O-].[Zr+4]. The first-order valence-electron chi connectivity index (χ1n) is 4.30. The van der Waals surface area contributed by atoms with Crippen molar-refractivity contribution in [2.45, 2.75) is 27.7 Å². The van der Waals surface area contributed by atoms with Crippen LogP contribution in [-0.4, -0.2) is 23.9 Å². The molecule has 0 bridgehead atoms. The van der Waals surface area contributed by atoms with E-state index >= 15 is 0 Å². The van der Waals surface area contributed by atoms with Gasteiger partial charge in [-0.2, -0.15) is 0 Å². The maximum Gasteiger partial charge on any atom is 4.00 e. The average molecular weight is 391 g/mol. The van der Waals surface area contributed by atoms with Crippen LogP contribution in [0.3, 0.4) is 0 Å². The molecule has 120 valence electrons. The van der Waals surface area contributed by atoms with E-state index in [1.54, 1.807) is 0 Å². The molecule has 0 aliphatic carbocycles. The number of rotatable bonds is 0. The number of carbonyl (C=O) groups is 4. The molecule has 0 unspecified atom stereocenters. The van der Waals surface area contributed by atoms with Crippen LogP contribution in [0.2, 0.25) is 0 Å². The number of hydrogen-bond acceptors (Lipinski definition) is 12. The van der Waals surface area contributed by atoms with Crippen molar-refractivity contribution in [1.29, 1.82) is 0 Å². The Morgan fingerprint density at radius 1 is 0.524 bits per heavy atom. The van der Waals surface area contributed by atoms with Crippen LogP contribution >= 0.6 is 0 Å². The van der Waals surface area contributed by atoms with E-state index in [9.17, 15) is 19.2 Å². The second-order valence-corrected chi connectivity index (χ2v) is 2.30. The molecular weight excluding hydrogens is 379 g/mol. The monoisotopic (exact) mass is 390 g/mol. The molecule has 0 heterocycles. The van der Waals surface area contributed by atoms with Gasteiger partial charge in [0.2, 0.25) is 0 Å². The third kappa shape index (κ3) is 118. The van der Waals surface area contributed by atoms with E-state index in [2.05, 4.69) is 19.6 Å². The predicted molar refractivity (Wildman–Crippen MR) is 47.1 cm³/mol. The molecule has 0 aromatic heterocycles. The maximum atomic E-state index is 9.28. The summed E-state index contributed by atoms with van der Waals surface area (Å²) in [5.74, 6) is -3.20. The molecule has 21 heavy (non-hydrogen) atoms. The standard InChI is InChI=1S/4C2H4O3.Zr/c4*1-2(3)5-4;/h4*4H,1H3;/q;;;;+4/p-4. The van der Waals surface area contributed by atoms with Gasteiger partial charge < -0.3 is 40.6 Å². The zero-order chi connectivity index (χ0) is 17.1. The minimum Gasteiger partial charge on any atom is -0.662 e. The predicted octanol–water partition coefficient (Wildman–Crippen LogP) is -4.70. The van der Waals surface area contributed by atoms with Crippen LogP contribution in [0, 0.1) is 0 Å². The van der Waals surface area contributed by atoms with Crippen LogP contribution in [0.15, 0.2) is 0 Å². The Labute approximate surface area is 138 Å². The van der Waals surface area contributed by atoms with Crippen LogP contribution in [0.4, 0.5) is 0 Å². The van der Waals surface area contributed by atoms with E-state index in [-0.39, 0.29) is 26.2 Å². The molecule has 0 N–H and O–H groups in total. The fourth-order valence-corrected chi connectivity index (χ4v) is 0. The Morgan fingerprint density at radius 2 is 0.571 bits per heavy atom. The van der Waals surface area contributed by atoms with Crippen molar-refractivity contribution < 1.29 is 86.0 Å². The van der Waals surface area contributed by atoms with E-state index in [0.29, 0.717) is 0 Å². The molecular formula is C8H12O12Zr. The summed E-state index contributed by atoms with van der Waals surface area (Å²) >= 11 is 0. The van der Waals surface area contributed by atoms with Crippen LogP contribution < -0.4 is 21.0 Å². The number of carbonyl (C=O) groups excluding carboxylic acids is 4. The van der Waals surface area contributed by atoms with Gasteiger partial charge in [-0.3, -0.25) is 19.2 Å². The molecule has 0 atom stereocenters. The van der Waals surface area contributed by atoms with E-state index in [1.807, 2.05) is 0 Å². The van der Waals surface area contributed by atoms with Crippen molar-refractivity contribution in [3.8, 4) is 0 Å². The summed E-state index contributed by atoms with van der Waals surface area (Å²) in [6.45, 7) is 4.19. The van der Waals surface area contributed by atoms with Crippen molar-refractivity contribution in [1.82, 2.24) is 0 Å². The molecule has 0 radical (unpaired) electrons. The van der Waals surface area contributed by atoms with Crippen LogP contribution in [0.25, 0.3) is 0 Å². The molecule has 0 amide bonds. The van der Waals surface area contributed by atoms with Gasteiger partial charge >= 0.3 is 26.2 Å². The molecule has 0 aliphatic rings. The molecule has 12 nitrogen and oxygen atoms in total. The summed E-state index contributed by atoms with van der Waals surface area (Å²) in [6.07, 6.45) is 0. The van der Waals surface area contributed by atoms with Crippen molar-refractivity contribution in [3.05, 3.63) is 0 Å². The van der Waals surface area contributed by atoms with Gasteiger partial charge in [0.25, 0.3) is 23.9 Å². The normalized spacial score (nSPS) is 6.48. The van der Waals surface area contributed by atoms with E-state index in [4.69, 9.17) is 21.0 Å². The third-order valence-electron chi connectivity index (χ3n) is 0.469. The maximum absolute atomic E-state index is 9.28. The molecule has 0 fully saturated rings. The fourth-order valence-electron chi connectivity index (χ4n) is 0. The summed E-state index contributed by atoms with van der Waals surface area (Å²) < 4.78 is 0. The Bertz CT molecular complexity index is 222. The molecule has 0 aromatic carbocycles. The van der Waals surface area contributed by atoms with E-state index in [1.165, 1.54) is 0 Å². The second kappa shape index (κ2) is 27.0. The Hall–Kier alpha value is -1.40. The van der Waals surface area contributed by atoms with Crippen LogP contribution in [-0.2, 0) is 64.9 Å². The molecule has 0 saturated carbocycles. The van der Waals surface area contributed by atoms with Gasteiger partial charge in [-0.1, -0.05) is 0 Å². The smallest absolute Gasteiger partial charge is 0.662 e. The molecule has 0 rings (SSSR count). The first-order valence-corrected chi connectivity index (χ1v) is 4.30. The van der Waals surface area contributed by atoms with Gasteiger partial charge in [0.1, 0.15) is 0 Å². The Balaban J connectivity index is -0.0000000533. The zero-order valence-corrected chi connectivity index (χ0v) is 13.9. The molecule has 0 spiro atoms. The third-order valence-corrected chi connectivity index (χ3v) is 0.469. The molecule has 0 saturated heterocycles. The Morgan fingerprint density at radius 3 is 0.571 bits per heavy atom. The number of hydrogen-bond donors (Lipinski definition) is 0. The Kier molecular flexibility index (Phi) is 41.0. The quantitative estimate of drug-likeness (QED) is 0.283.